The van der Waals surface area contributed by atoms with Crippen molar-refractivity contribution >= 4 is 11.6 Å². The van der Waals surface area contributed by atoms with Crippen LogP contribution in [0.15, 0.2) is 12.2 Å². The van der Waals surface area contributed by atoms with Crippen LogP contribution in [0.5, 0.6) is 0 Å². The Morgan fingerprint density at radius 3 is 2.54 bits per heavy atom. The zero-order chi connectivity index (χ0) is 9.42. The first-order valence-electron chi connectivity index (χ1n) is 4.87. The highest BCUT2D eigenvalue weighted by molar-refractivity contribution is 5.99. The maximum Gasteiger partial charge on any atom is 0.143 e. The van der Waals surface area contributed by atoms with Crippen molar-refractivity contribution in [2.45, 2.75) is 26.2 Å². The van der Waals surface area contributed by atoms with Gasteiger partial charge in [0, 0.05) is 5.92 Å². The summed E-state index contributed by atoms with van der Waals surface area (Å²) in [7, 11) is 0. The summed E-state index contributed by atoms with van der Waals surface area (Å²) in [4.78, 5) is 22.4. The van der Waals surface area contributed by atoms with Gasteiger partial charge in [-0.3, -0.25) is 9.59 Å². The summed E-state index contributed by atoms with van der Waals surface area (Å²) in [5, 5.41) is 0. The molecule has 0 aromatic carbocycles. The normalized spacial score (nSPS) is 35.3. The van der Waals surface area contributed by atoms with Gasteiger partial charge in [0.1, 0.15) is 11.6 Å². The average Bonchev–Trinajstić information content (AvgIpc) is 2.62. The Kier molecular flexibility index (Phi) is 2.06. The van der Waals surface area contributed by atoms with E-state index in [2.05, 4.69) is 12.2 Å². The number of Topliss-reactive ketones (excluding diaryl/α,β-unsaturated/α-hetero) is 2. The second kappa shape index (κ2) is 3.09. The molecule has 70 valence electrons. The van der Waals surface area contributed by atoms with Crippen molar-refractivity contribution in [3.8, 4) is 0 Å². The topological polar surface area (TPSA) is 34.1 Å². The minimum atomic E-state index is -0.00301. The molecule has 1 saturated carbocycles. The van der Waals surface area contributed by atoms with Crippen molar-refractivity contribution in [1.82, 2.24) is 0 Å². The SMILES string of the molecule is CC(=O)CC(=O)[C@H]1C[C@@H]2C=C[C@H]1C2. The summed E-state index contributed by atoms with van der Waals surface area (Å²) in [6.45, 7) is 1.49. The molecule has 2 aliphatic carbocycles. The predicted octanol–water partition coefficient (Wildman–Crippen LogP) is 1.75. The number of fused-ring (bicyclic) bond motifs is 2. The predicted molar refractivity (Wildman–Crippen MR) is 49.1 cm³/mol. The van der Waals surface area contributed by atoms with Gasteiger partial charge in [-0.2, -0.15) is 0 Å². The number of hydrogen-bond acceptors (Lipinski definition) is 2. The van der Waals surface area contributed by atoms with Gasteiger partial charge in [-0.25, -0.2) is 0 Å². The van der Waals surface area contributed by atoms with Gasteiger partial charge in [-0.05, 0) is 31.6 Å². The van der Waals surface area contributed by atoms with Crippen LogP contribution in [0, 0.1) is 17.8 Å². The van der Waals surface area contributed by atoms with E-state index in [1.807, 2.05) is 0 Å². The number of carbonyl (C=O) groups excluding carboxylic acids is 2. The Morgan fingerprint density at radius 2 is 2.08 bits per heavy atom. The highest BCUT2D eigenvalue weighted by Crippen LogP contribution is 2.44. The van der Waals surface area contributed by atoms with Gasteiger partial charge in [0.25, 0.3) is 0 Å². The van der Waals surface area contributed by atoms with Gasteiger partial charge in [-0.1, -0.05) is 12.2 Å². The first-order chi connectivity index (χ1) is 6.16. The molecule has 0 saturated heterocycles. The molecule has 0 aromatic heterocycles. The Bertz CT molecular complexity index is 278. The van der Waals surface area contributed by atoms with Crippen molar-refractivity contribution in [3.63, 3.8) is 0 Å². The van der Waals surface area contributed by atoms with Crippen LogP contribution >= 0.6 is 0 Å². The Hall–Kier alpha value is -0.920. The van der Waals surface area contributed by atoms with E-state index < -0.39 is 0 Å². The van der Waals surface area contributed by atoms with E-state index in [0.717, 1.165) is 12.8 Å². The van der Waals surface area contributed by atoms with E-state index in [1.165, 1.54) is 6.92 Å². The zero-order valence-electron chi connectivity index (χ0n) is 7.82. The summed E-state index contributed by atoms with van der Waals surface area (Å²) in [6.07, 6.45) is 6.61. The lowest BCUT2D eigenvalue weighted by atomic mass is 9.88. The molecule has 2 nitrogen and oxygen atoms in total. The second-order valence-electron chi connectivity index (χ2n) is 4.23. The van der Waals surface area contributed by atoms with E-state index in [9.17, 15) is 9.59 Å². The Labute approximate surface area is 78.0 Å². The van der Waals surface area contributed by atoms with Crippen LogP contribution in [0.25, 0.3) is 0 Å². The van der Waals surface area contributed by atoms with E-state index in [4.69, 9.17) is 0 Å². The summed E-state index contributed by atoms with van der Waals surface area (Å²) in [6, 6.07) is 0. The lowest BCUT2D eigenvalue weighted by Gasteiger charge is -2.15. The van der Waals surface area contributed by atoms with E-state index in [1.54, 1.807) is 0 Å². The highest BCUT2D eigenvalue weighted by atomic mass is 16.1. The van der Waals surface area contributed by atoms with Crippen LogP contribution in [0.2, 0.25) is 0 Å². The van der Waals surface area contributed by atoms with Crippen LogP contribution in [-0.2, 0) is 9.59 Å². The number of allylic oxidation sites excluding steroid dienone is 2. The van der Waals surface area contributed by atoms with E-state index in [-0.39, 0.29) is 23.9 Å². The summed E-state index contributed by atoms with van der Waals surface area (Å²) >= 11 is 0. The maximum absolute atomic E-state index is 11.6. The van der Waals surface area contributed by atoms with E-state index in [0.29, 0.717) is 11.8 Å². The summed E-state index contributed by atoms with van der Waals surface area (Å²) < 4.78 is 0. The third-order valence-corrected chi connectivity index (χ3v) is 3.12. The molecule has 13 heavy (non-hydrogen) atoms. The lowest BCUT2D eigenvalue weighted by Crippen LogP contribution is -2.20. The average molecular weight is 178 g/mol. The lowest BCUT2D eigenvalue weighted by molar-refractivity contribution is -0.128. The third-order valence-electron chi connectivity index (χ3n) is 3.12. The van der Waals surface area contributed by atoms with Gasteiger partial charge >= 0.3 is 0 Å². The maximum atomic E-state index is 11.6. The van der Waals surface area contributed by atoms with Gasteiger partial charge in [0.15, 0.2) is 0 Å². The minimum Gasteiger partial charge on any atom is -0.300 e. The number of carbonyl (C=O) groups is 2. The molecule has 0 aliphatic heterocycles. The summed E-state index contributed by atoms with van der Waals surface area (Å²) in [5.41, 5.74) is 0. The number of rotatable bonds is 3. The van der Waals surface area contributed by atoms with Crippen molar-refractivity contribution in [2.75, 3.05) is 0 Å². The molecule has 2 aliphatic rings. The monoisotopic (exact) mass is 178 g/mol. The van der Waals surface area contributed by atoms with E-state index >= 15 is 0 Å². The fourth-order valence-corrected chi connectivity index (χ4v) is 2.53. The van der Waals surface area contributed by atoms with Crippen molar-refractivity contribution in [1.29, 1.82) is 0 Å². The molecule has 1 fully saturated rings. The van der Waals surface area contributed by atoms with Crippen molar-refractivity contribution < 1.29 is 9.59 Å². The molecule has 2 bridgehead atoms. The quantitative estimate of drug-likeness (QED) is 0.487. The molecule has 0 spiro atoms. The fraction of sp³-hybridized carbons (Fsp3) is 0.636. The van der Waals surface area contributed by atoms with Gasteiger partial charge in [0.05, 0.1) is 6.42 Å². The first kappa shape index (κ1) is 8.67. The molecule has 0 heterocycles. The number of ketones is 2. The third kappa shape index (κ3) is 1.58. The molecule has 2 rings (SSSR count). The molecule has 0 N–H and O–H groups in total. The molecule has 0 unspecified atom stereocenters. The van der Waals surface area contributed by atoms with Gasteiger partial charge in [-0.15, -0.1) is 0 Å². The molecule has 0 aromatic rings. The molecular weight excluding hydrogens is 164 g/mol. The Morgan fingerprint density at radius 1 is 1.31 bits per heavy atom. The fourth-order valence-electron chi connectivity index (χ4n) is 2.53. The largest absolute Gasteiger partial charge is 0.300 e. The van der Waals surface area contributed by atoms with Crippen LogP contribution in [-0.4, -0.2) is 11.6 Å². The molecule has 2 heteroatoms. The standard InChI is InChI=1S/C11H14O2/c1-7(12)4-11(13)10-6-8-2-3-9(10)5-8/h2-3,8-10H,4-6H2,1H3/t8-,9+,10+/m1/s1. The molecule has 0 amide bonds. The molecule has 0 radical (unpaired) electrons. The van der Waals surface area contributed by atoms with Crippen LogP contribution < -0.4 is 0 Å². The molecule has 3 atom stereocenters. The zero-order valence-corrected chi connectivity index (χ0v) is 7.82. The van der Waals surface area contributed by atoms with Crippen LogP contribution in [0.1, 0.15) is 26.2 Å². The van der Waals surface area contributed by atoms with Gasteiger partial charge < -0.3 is 0 Å². The first-order valence-corrected chi connectivity index (χ1v) is 4.87. The highest BCUT2D eigenvalue weighted by Gasteiger charge is 2.39. The Balaban J connectivity index is 1.99. The molecular formula is C11H14O2. The number of hydrogen-bond donors (Lipinski definition) is 0. The second-order valence-corrected chi connectivity index (χ2v) is 4.23. The van der Waals surface area contributed by atoms with Crippen LogP contribution in [0.3, 0.4) is 0 Å². The van der Waals surface area contributed by atoms with Crippen LogP contribution in [0.4, 0.5) is 0 Å². The van der Waals surface area contributed by atoms with Crippen molar-refractivity contribution in [3.05, 3.63) is 12.2 Å². The summed E-state index contributed by atoms with van der Waals surface area (Å²) in [5.74, 6) is 1.36. The van der Waals surface area contributed by atoms with Gasteiger partial charge in [0.2, 0.25) is 0 Å². The minimum absolute atomic E-state index is 0.00301. The van der Waals surface area contributed by atoms with Crippen molar-refractivity contribution in [2.24, 2.45) is 17.8 Å². The smallest absolute Gasteiger partial charge is 0.143 e.